The van der Waals surface area contributed by atoms with E-state index in [9.17, 15) is 14.4 Å². The SMILES string of the molecule is O=C(CSc1nc2ccccc2c(=O)n1CCCO)NC(=O)c1cccs1. The van der Waals surface area contributed by atoms with Crippen LogP contribution < -0.4 is 10.9 Å². The summed E-state index contributed by atoms with van der Waals surface area (Å²) in [5.74, 6) is -0.963. The fourth-order valence-corrected chi connectivity index (χ4v) is 3.89. The van der Waals surface area contributed by atoms with E-state index < -0.39 is 11.8 Å². The molecule has 1 aromatic carbocycles. The summed E-state index contributed by atoms with van der Waals surface area (Å²) < 4.78 is 1.46. The summed E-state index contributed by atoms with van der Waals surface area (Å²) in [5.41, 5.74) is 0.326. The summed E-state index contributed by atoms with van der Waals surface area (Å²) in [4.78, 5) is 41.7. The predicted molar refractivity (Wildman–Crippen MR) is 105 cm³/mol. The van der Waals surface area contributed by atoms with Crippen molar-refractivity contribution in [3.8, 4) is 0 Å². The number of aliphatic hydroxyl groups is 1. The normalized spacial score (nSPS) is 10.9. The second-order valence-electron chi connectivity index (χ2n) is 5.59. The molecule has 0 unspecified atom stereocenters. The van der Waals surface area contributed by atoms with Crippen molar-refractivity contribution in [3.63, 3.8) is 0 Å². The number of imide groups is 1. The summed E-state index contributed by atoms with van der Waals surface area (Å²) in [6.45, 7) is 0.240. The number of aliphatic hydroxyl groups excluding tert-OH is 1. The first kappa shape index (κ1) is 19.3. The van der Waals surface area contributed by atoms with Crippen LogP contribution in [0.3, 0.4) is 0 Å². The Balaban J connectivity index is 1.77. The molecular weight excluding hydrogens is 386 g/mol. The van der Waals surface area contributed by atoms with Gasteiger partial charge in [-0.3, -0.25) is 24.3 Å². The highest BCUT2D eigenvalue weighted by Crippen LogP contribution is 2.18. The summed E-state index contributed by atoms with van der Waals surface area (Å²) >= 11 is 2.33. The molecule has 27 heavy (non-hydrogen) atoms. The van der Waals surface area contributed by atoms with Crippen LogP contribution in [-0.2, 0) is 11.3 Å². The van der Waals surface area contributed by atoms with E-state index in [1.165, 1.54) is 15.9 Å². The lowest BCUT2D eigenvalue weighted by Crippen LogP contribution is -2.31. The van der Waals surface area contributed by atoms with E-state index in [4.69, 9.17) is 5.11 Å². The molecule has 2 heterocycles. The molecule has 0 aliphatic rings. The molecule has 3 rings (SSSR count). The number of fused-ring (bicyclic) bond motifs is 1. The number of hydrogen-bond acceptors (Lipinski definition) is 7. The maximum absolute atomic E-state index is 12.7. The average Bonchev–Trinajstić information content (AvgIpc) is 3.21. The van der Waals surface area contributed by atoms with E-state index in [0.29, 0.717) is 33.9 Å². The van der Waals surface area contributed by atoms with E-state index in [1.54, 1.807) is 41.8 Å². The summed E-state index contributed by atoms with van der Waals surface area (Å²) in [5, 5.41) is 14.0. The van der Waals surface area contributed by atoms with Gasteiger partial charge in [0.25, 0.3) is 11.5 Å². The molecule has 0 aliphatic heterocycles. The minimum absolute atomic E-state index is 0.0545. The minimum Gasteiger partial charge on any atom is -0.396 e. The summed E-state index contributed by atoms with van der Waals surface area (Å²) in [6, 6.07) is 10.3. The zero-order chi connectivity index (χ0) is 19.2. The first-order valence-corrected chi connectivity index (χ1v) is 10.1. The number of nitrogens with zero attached hydrogens (tertiary/aromatic N) is 2. The van der Waals surface area contributed by atoms with Crippen LogP contribution in [0.2, 0.25) is 0 Å². The Morgan fingerprint density at radius 3 is 2.78 bits per heavy atom. The van der Waals surface area contributed by atoms with Crippen LogP contribution in [0.5, 0.6) is 0 Å². The van der Waals surface area contributed by atoms with Gasteiger partial charge >= 0.3 is 0 Å². The summed E-state index contributed by atoms with van der Waals surface area (Å²) in [7, 11) is 0. The number of benzene rings is 1. The van der Waals surface area contributed by atoms with Crippen LogP contribution >= 0.6 is 23.1 Å². The van der Waals surface area contributed by atoms with Gasteiger partial charge in [-0.15, -0.1) is 11.3 Å². The Morgan fingerprint density at radius 2 is 2.04 bits per heavy atom. The molecule has 0 spiro atoms. The summed E-state index contributed by atoms with van der Waals surface area (Å²) in [6.07, 6.45) is 0.399. The van der Waals surface area contributed by atoms with Gasteiger partial charge in [0.15, 0.2) is 5.16 Å². The van der Waals surface area contributed by atoms with E-state index in [0.717, 1.165) is 11.8 Å². The number of rotatable bonds is 7. The number of nitrogens with one attached hydrogen (secondary N) is 1. The third kappa shape index (κ3) is 4.62. The van der Waals surface area contributed by atoms with E-state index in [-0.39, 0.29) is 17.9 Å². The van der Waals surface area contributed by atoms with Crippen molar-refractivity contribution >= 4 is 45.8 Å². The lowest BCUT2D eigenvalue weighted by atomic mass is 10.2. The van der Waals surface area contributed by atoms with Gasteiger partial charge in [-0.05, 0) is 30.0 Å². The highest BCUT2D eigenvalue weighted by atomic mass is 32.2. The molecule has 2 aromatic heterocycles. The molecule has 0 atom stereocenters. The smallest absolute Gasteiger partial charge is 0.267 e. The predicted octanol–water partition coefficient (Wildman–Crippen LogP) is 1.89. The monoisotopic (exact) mass is 403 g/mol. The first-order chi connectivity index (χ1) is 13.1. The molecule has 0 saturated carbocycles. The van der Waals surface area contributed by atoms with Crippen molar-refractivity contribution in [2.75, 3.05) is 12.4 Å². The molecule has 3 aromatic rings. The molecule has 0 radical (unpaired) electrons. The Morgan fingerprint density at radius 1 is 1.22 bits per heavy atom. The van der Waals surface area contributed by atoms with Crippen molar-refractivity contribution in [2.45, 2.75) is 18.1 Å². The van der Waals surface area contributed by atoms with Crippen LogP contribution in [0.25, 0.3) is 10.9 Å². The number of hydrogen-bond donors (Lipinski definition) is 2. The maximum atomic E-state index is 12.7. The quantitative estimate of drug-likeness (QED) is 0.461. The van der Waals surface area contributed by atoms with Crippen LogP contribution in [0.4, 0.5) is 0 Å². The number of para-hydroxylation sites is 1. The molecule has 0 fully saturated rings. The fourth-order valence-electron chi connectivity index (χ4n) is 2.45. The Labute approximate surface area is 163 Å². The molecule has 2 amide bonds. The van der Waals surface area contributed by atoms with Crippen molar-refractivity contribution in [1.29, 1.82) is 0 Å². The number of amides is 2. The lowest BCUT2D eigenvalue weighted by molar-refractivity contribution is -0.117. The van der Waals surface area contributed by atoms with Crippen LogP contribution in [0.1, 0.15) is 16.1 Å². The van der Waals surface area contributed by atoms with Gasteiger partial charge in [-0.1, -0.05) is 30.0 Å². The molecule has 9 heteroatoms. The van der Waals surface area contributed by atoms with Crippen LogP contribution in [0, 0.1) is 0 Å². The van der Waals surface area contributed by atoms with Gasteiger partial charge in [0.2, 0.25) is 5.91 Å². The van der Waals surface area contributed by atoms with Crippen molar-refractivity contribution in [2.24, 2.45) is 0 Å². The van der Waals surface area contributed by atoms with Gasteiger partial charge in [0.1, 0.15) is 0 Å². The highest BCUT2D eigenvalue weighted by molar-refractivity contribution is 7.99. The first-order valence-electron chi connectivity index (χ1n) is 8.21. The third-order valence-corrected chi connectivity index (χ3v) is 5.54. The molecule has 0 saturated heterocycles. The Kier molecular flexibility index (Phi) is 6.38. The molecule has 0 bridgehead atoms. The number of thioether (sulfide) groups is 1. The van der Waals surface area contributed by atoms with Gasteiger partial charge in [-0.2, -0.15) is 0 Å². The molecule has 140 valence electrons. The van der Waals surface area contributed by atoms with Gasteiger partial charge in [0, 0.05) is 13.2 Å². The largest absolute Gasteiger partial charge is 0.396 e. The van der Waals surface area contributed by atoms with E-state index in [1.807, 2.05) is 0 Å². The molecular formula is C18H17N3O4S2. The number of carbonyl (C=O) groups excluding carboxylic acids is 2. The van der Waals surface area contributed by atoms with Gasteiger partial charge in [-0.25, -0.2) is 4.98 Å². The fraction of sp³-hybridized carbons (Fsp3) is 0.222. The lowest BCUT2D eigenvalue weighted by Gasteiger charge is -2.12. The second-order valence-corrected chi connectivity index (χ2v) is 7.48. The molecule has 7 nitrogen and oxygen atoms in total. The highest BCUT2D eigenvalue weighted by Gasteiger charge is 2.15. The van der Waals surface area contributed by atoms with Gasteiger partial charge in [0.05, 0.1) is 21.5 Å². The zero-order valence-corrected chi connectivity index (χ0v) is 15.9. The van der Waals surface area contributed by atoms with E-state index >= 15 is 0 Å². The Hall–Kier alpha value is -2.49. The van der Waals surface area contributed by atoms with Crippen LogP contribution in [0.15, 0.2) is 51.7 Å². The third-order valence-electron chi connectivity index (χ3n) is 3.70. The zero-order valence-electron chi connectivity index (χ0n) is 14.3. The van der Waals surface area contributed by atoms with E-state index in [2.05, 4.69) is 10.3 Å². The minimum atomic E-state index is -0.463. The van der Waals surface area contributed by atoms with Crippen molar-refractivity contribution < 1.29 is 14.7 Å². The standard InChI is InChI=1S/C18H17N3O4S2/c22-9-4-8-21-17(25)12-5-1-2-6-13(12)19-18(21)27-11-15(23)20-16(24)14-7-3-10-26-14/h1-3,5-7,10,22H,4,8-9,11H2,(H,20,23,24). The van der Waals surface area contributed by atoms with Crippen LogP contribution in [-0.4, -0.2) is 38.8 Å². The second kappa shape index (κ2) is 8.94. The number of aromatic nitrogens is 2. The maximum Gasteiger partial charge on any atom is 0.267 e. The van der Waals surface area contributed by atoms with Gasteiger partial charge < -0.3 is 5.11 Å². The molecule has 0 aliphatic carbocycles. The number of thiophene rings is 1. The Bertz CT molecular complexity index is 1020. The van der Waals surface area contributed by atoms with Crippen molar-refractivity contribution in [1.82, 2.24) is 14.9 Å². The van der Waals surface area contributed by atoms with Crippen molar-refractivity contribution in [3.05, 3.63) is 57.0 Å². The molecule has 2 N–H and O–H groups in total. The number of carbonyl (C=O) groups is 2. The topological polar surface area (TPSA) is 101 Å². The average molecular weight is 403 g/mol.